The number of ether oxygens (including phenoxy) is 2. The highest BCUT2D eigenvalue weighted by molar-refractivity contribution is 5.06. The Bertz CT molecular complexity index is 359. The zero-order chi connectivity index (χ0) is 15.8. The second-order valence-corrected chi connectivity index (χ2v) is 7.22. The Hall–Kier alpha value is -0.590. The lowest BCUT2D eigenvalue weighted by atomic mass is 9.76. The van der Waals surface area contributed by atoms with E-state index in [4.69, 9.17) is 9.47 Å². The van der Waals surface area contributed by atoms with Crippen molar-refractivity contribution in [2.24, 2.45) is 11.3 Å². The lowest BCUT2D eigenvalue weighted by molar-refractivity contribution is -0.278. The molecule has 3 nitrogen and oxygen atoms in total. The average Bonchev–Trinajstić information content (AvgIpc) is 2.57. The van der Waals surface area contributed by atoms with E-state index in [1.165, 1.54) is 44.9 Å². The van der Waals surface area contributed by atoms with Crippen molar-refractivity contribution in [1.29, 1.82) is 5.26 Å². The Labute approximate surface area is 136 Å². The van der Waals surface area contributed by atoms with Crippen molar-refractivity contribution < 1.29 is 9.47 Å². The van der Waals surface area contributed by atoms with Gasteiger partial charge in [0.1, 0.15) is 5.41 Å². The molecule has 126 valence electrons. The van der Waals surface area contributed by atoms with Gasteiger partial charge in [-0.05, 0) is 25.7 Å². The minimum absolute atomic E-state index is 0.0599. The van der Waals surface area contributed by atoms with Gasteiger partial charge in [0.15, 0.2) is 6.29 Å². The third kappa shape index (κ3) is 4.24. The van der Waals surface area contributed by atoms with E-state index in [1.54, 1.807) is 0 Å². The van der Waals surface area contributed by atoms with Crippen molar-refractivity contribution in [1.82, 2.24) is 0 Å². The zero-order valence-corrected chi connectivity index (χ0v) is 14.5. The third-order valence-corrected chi connectivity index (χ3v) is 5.44. The van der Waals surface area contributed by atoms with Gasteiger partial charge in [-0.15, -0.1) is 0 Å². The molecule has 1 heterocycles. The molecule has 1 saturated carbocycles. The summed E-state index contributed by atoms with van der Waals surface area (Å²) < 4.78 is 12.5. The molecule has 2 aliphatic rings. The highest BCUT2D eigenvalue weighted by atomic mass is 16.7. The van der Waals surface area contributed by atoms with Crippen molar-refractivity contribution >= 4 is 0 Å². The average molecular weight is 307 g/mol. The van der Waals surface area contributed by atoms with Gasteiger partial charge in [0.25, 0.3) is 0 Å². The van der Waals surface area contributed by atoms with Crippen molar-refractivity contribution in [3.63, 3.8) is 0 Å². The van der Waals surface area contributed by atoms with Gasteiger partial charge in [-0.3, -0.25) is 0 Å². The lowest BCUT2D eigenvalue weighted by Gasteiger charge is -2.45. The first-order valence-electron chi connectivity index (χ1n) is 9.44. The van der Waals surface area contributed by atoms with Gasteiger partial charge in [0, 0.05) is 5.92 Å². The van der Waals surface area contributed by atoms with Crippen molar-refractivity contribution in [3.8, 4) is 6.07 Å². The molecule has 1 aliphatic heterocycles. The van der Waals surface area contributed by atoms with Crippen LogP contribution < -0.4 is 0 Å². The van der Waals surface area contributed by atoms with Crippen molar-refractivity contribution in [2.45, 2.75) is 96.9 Å². The summed E-state index contributed by atoms with van der Waals surface area (Å²) in [5, 5.41) is 9.79. The number of rotatable bonds is 7. The Balaban J connectivity index is 2.02. The standard InChI is InChI=1S/C19H33NO2/c1-3-5-7-12-17-19(14-20,13-4-2)15-21-18(22-17)16-10-8-6-9-11-16/h16-18H,3-13,15H2,1-2H3. The maximum absolute atomic E-state index is 9.79. The van der Waals surface area contributed by atoms with E-state index < -0.39 is 5.41 Å². The first-order valence-corrected chi connectivity index (χ1v) is 9.44. The van der Waals surface area contributed by atoms with Gasteiger partial charge in [-0.1, -0.05) is 58.8 Å². The number of hydrogen-bond donors (Lipinski definition) is 0. The van der Waals surface area contributed by atoms with Gasteiger partial charge < -0.3 is 9.47 Å². The number of nitriles is 1. The molecule has 0 bridgehead atoms. The summed E-state index contributed by atoms with van der Waals surface area (Å²) in [6.45, 7) is 4.93. The van der Waals surface area contributed by atoms with Gasteiger partial charge in [0.05, 0.1) is 18.8 Å². The topological polar surface area (TPSA) is 42.2 Å². The Morgan fingerprint density at radius 2 is 1.86 bits per heavy atom. The summed E-state index contributed by atoms with van der Waals surface area (Å²) in [7, 11) is 0. The molecule has 22 heavy (non-hydrogen) atoms. The summed E-state index contributed by atoms with van der Waals surface area (Å²) in [6.07, 6.45) is 12.9. The van der Waals surface area contributed by atoms with Crippen LogP contribution in [0.1, 0.15) is 84.5 Å². The predicted molar refractivity (Wildman–Crippen MR) is 88.3 cm³/mol. The molecule has 1 saturated heterocycles. The monoisotopic (exact) mass is 307 g/mol. The first-order chi connectivity index (χ1) is 10.8. The molecule has 0 aromatic carbocycles. The molecular formula is C19H33NO2. The molecule has 2 fully saturated rings. The minimum atomic E-state index is -0.423. The van der Waals surface area contributed by atoms with Gasteiger partial charge >= 0.3 is 0 Å². The molecule has 0 aromatic rings. The van der Waals surface area contributed by atoms with Crippen LogP contribution in [0.5, 0.6) is 0 Å². The molecule has 0 aromatic heterocycles. The maximum atomic E-state index is 9.79. The number of unbranched alkanes of at least 4 members (excludes halogenated alkanes) is 2. The van der Waals surface area contributed by atoms with Crippen LogP contribution in [0.25, 0.3) is 0 Å². The molecule has 2 rings (SSSR count). The van der Waals surface area contributed by atoms with Crippen molar-refractivity contribution in [3.05, 3.63) is 0 Å². The normalized spacial score (nSPS) is 33.5. The van der Waals surface area contributed by atoms with Crippen LogP contribution in [0, 0.1) is 22.7 Å². The van der Waals surface area contributed by atoms with E-state index in [0.29, 0.717) is 12.5 Å². The summed E-state index contributed by atoms with van der Waals surface area (Å²) >= 11 is 0. The van der Waals surface area contributed by atoms with E-state index >= 15 is 0 Å². The second-order valence-electron chi connectivity index (χ2n) is 7.22. The fourth-order valence-corrected chi connectivity index (χ4v) is 4.07. The lowest BCUT2D eigenvalue weighted by Crippen LogP contribution is -2.50. The van der Waals surface area contributed by atoms with Crippen LogP contribution in [-0.2, 0) is 9.47 Å². The molecule has 1 aliphatic carbocycles. The van der Waals surface area contributed by atoms with Gasteiger partial charge in [0.2, 0.25) is 0 Å². The molecule has 0 amide bonds. The fourth-order valence-electron chi connectivity index (χ4n) is 4.07. The molecule has 0 radical (unpaired) electrons. The van der Waals surface area contributed by atoms with Gasteiger partial charge in [-0.2, -0.15) is 5.26 Å². The first kappa shape index (κ1) is 17.8. The van der Waals surface area contributed by atoms with E-state index in [9.17, 15) is 5.26 Å². The summed E-state index contributed by atoms with van der Waals surface area (Å²) in [4.78, 5) is 0. The van der Waals surface area contributed by atoms with Gasteiger partial charge in [-0.25, -0.2) is 0 Å². The SMILES string of the molecule is CCCCCC1OC(C2CCCCC2)OCC1(C#N)CCC. The highest BCUT2D eigenvalue weighted by Crippen LogP contribution is 2.41. The second kappa shape index (κ2) is 8.89. The van der Waals surface area contributed by atoms with E-state index in [2.05, 4.69) is 19.9 Å². The van der Waals surface area contributed by atoms with E-state index in [1.807, 2.05) is 0 Å². The van der Waals surface area contributed by atoms with Crippen LogP contribution in [0.2, 0.25) is 0 Å². The Morgan fingerprint density at radius 3 is 2.50 bits per heavy atom. The van der Waals surface area contributed by atoms with Crippen LogP contribution in [0.3, 0.4) is 0 Å². The molecule has 3 heteroatoms. The molecule has 3 atom stereocenters. The zero-order valence-electron chi connectivity index (χ0n) is 14.5. The largest absolute Gasteiger partial charge is 0.351 e. The molecule has 0 N–H and O–H groups in total. The van der Waals surface area contributed by atoms with E-state index in [0.717, 1.165) is 25.7 Å². The quantitative estimate of drug-likeness (QED) is 0.607. The summed E-state index contributed by atoms with van der Waals surface area (Å²) in [5.41, 5.74) is -0.423. The minimum Gasteiger partial charge on any atom is -0.351 e. The Morgan fingerprint density at radius 1 is 1.09 bits per heavy atom. The van der Waals surface area contributed by atoms with Crippen LogP contribution >= 0.6 is 0 Å². The number of nitrogens with zero attached hydrogens (tertiary/aromatic N) is 1. The van der Waals surface area contributed by atoms with Crippen molar-refractivity contribution in [2.75, 3.05) is 6.61 Å². The molecular weight excluding hydrogens is 274 g/mol. The van der Waals surface area contributed by atoms with Crippen LogP contribution in [-0.4, -0.2) is 19.0 Å². The van der Waals surface area contributed by atoms with E-state index in [-0.39, 0.29) is 12.4 Å². The molecule has 0 spiro atoms. The summed E-state index contributed by atoms with van der Waals surface area (Å²) in [6, 6.07) is 2.57. The predicted octanol–water partition coefficient (Wildman–Crippen LogP) is 5.20. The maximum Gasteiger partial charge on any atom is 0.160 e. The molecule has 3 unspecified atom stereocenters. The van der Waals surface area contributed by atoms with Crippen LogP contribution in [0.15, 0.2) is 0 Å². The fraction of sp³-hybridized carbons (Fsp3) is 0.947. The Kier molecular flexibility index (Phi) is 7.18. The smallest absolute Gasteiger partial charge is 0.160 e. The number of hydrogen-bond acceptors (Lipinski definition) is 3. The summed E-state index contributed by atoms with van der Waals surface area (Å²) in [5.74, 6) is 0.542. The highest BCUT2D eigenvalue weighted by Gasteiger charge is 2.46. The van der Waals surface area contributed by atoms with Crippen LogP contribution in [0.4, 0.5) is 0 Å². The third-order valence-electron chi connectivity index (χ3n) is 5.44.